The molecule has 0 aromatic carbocycles. The van der Waals surface area contributed by atoms with Crippen molar-refractivity contribution in [1.82, 2.24) is 14.2 Å². The molecule has 0 bridgehead atoms. The van der Waals surface area contributed by atoms with Crippen LogP contribution in [0.1, 0.15) is 79.7 Å². The predicted octanol–water partition coefficient (Wildman–Crippen LogP) is 3.66. The summed E-state index contributed by atoms with van der Waals surface area (Å²) in [5, 5.41) is 12.6. The van der Waals surface area contributed by atoms with Crippen LogP contribution in [0.4, 0.5) is 4.79 Å². The minimum atomic E-state index is -0.655. The van der Waals surface area contributed by atoms with Gasteiger partial charge in [-0.15, -0.1) is 0 Å². The molecule has 1 aliphatic carbocycles. The van der Waals surface area contributed by atoms with Crippen LogP contribution in [0.5, 0.6) is 0 Å². The van der Waals surface area contributed by atoms with Crippen molar-refractivity contribution in [1.29, 1.82) is 0 Å². The van der Waals surface area contributed by atoms with Crippen molar-refractivity contribution in [3.8, 4) is 0 Å². The van der Waals surface area contributed by atoms with Crippen LogP contribution in [-0.2, 0) is 16.8 Å². The number of aliphatic hydroxyl groups excluding tert-OH is 1. The summed E-state index contributed by atoms with van der Waals surface area (Å²) < 4.78 is 3.01. The minimum Gasteiger partial charge on any atom is -0.389 e. The van der Waals surface area contributed by atoms with Gasteiger partial charge >= 0.3 is 6.03 Å². The van der Waals surface area contributed by atoms with Gasteiger partial charge in [-0.3, -0.25) is 8.75 Å². The number of hydrogen-bond donors (Lipinski definition) is 2. The Morgan fingerprint density at radius 2 is 1.94 bits per heavy atom. The number of aryl methyl sites for hydroxylation is 1. The fraction of sp³-hybridized carbons (Fsp3) is 0.792. The van der Waals surface area contributed by atoms with Gasteiger partial charge in [0.15, 0.2) is 0 Å². The third kappa shape index (κ3) is 4.67. The first-order valence-corrected chi connectivity index (χ1v) is 12.6. The van der Waals surface area contributed by atoms with E-state index in [4.69, 9.17) is 0 Å². The lowest BCUT2D eigenvalue weighted by atomic mass is 9.67. The van der Waals surface area contributed by atoms with E-state index >= 15 is 0 Å². The van der Waals surface area contributed by atoms with Crippen LogP contribution < -0.4 is 9.99 Å². The highest BCUT2D eigenvalue weighted by molar-refractivity contribution is 7.04. The zero-order chi connectivity index (χ0) is 23.9. The van der Waals surface area contributed by atoms with E-state index in [2.05, 4.69) is 62.0 Å². The van der Waals surface area contributed by atoms with Crippen molar-refractivity contribution in [3.63, 3.8) is 0 Å². The number of rotatable bonds is 5. The smallest absolute Gasteiger partial charge is 0.317 e. The van der Waals surface area contributed by atoms with Crippen LogP contribution in [0.25, 0.3) is 0 Å². The molecule has 1 aliphatic heterocycles. The third-order valence-corrected chi connectivity index (χ3v) is 8.92. The van der Waals surface area contributed by atoms with Gasteiger partial charge in [-0.2, -0.15) is 0 Å². The summed E-state index contributed by atoms with van der Waals surface area (Å²) in [5.74, 6) is -0.0979. The molecule has 2 atom stereocenters. The maximum atomic E-state index is 13.6. The van der Waals surface area contributed by atoms with E-state index in [9.17, 15) is 14.7 Å². The molecule has 8 heteroatoms. The third-order valence-electron chi connectivity index (χ3n) is 7.54. The average molecular weight is 465 g/mol. The Kier molecular flexibility index (Phi) is 6.97. The number of aliphatic hydroxyl groups is 1. The zero-order valence-corrected chi connectivity index (χ0v) is 21.5. The van der Waals surface area contributed by atoms with Gasteiger partial charge in [-0.1, -0.05) is 34.1 Å². The number of carbonyl (C=O) groups excluding carboxylic acids is 2. The molecular formula is C24H40N4O3S. The number of β-amino-alcohol motifs (C(OH)–C–C–N with tert-alkyl or cyclic N) is 1. The van der Waals surface area contributed by atoms with Crippen molar-refractivity contribution in [2.75, 3.05) is 13.1 Å². The average Bonchev–Trinajstić information content (AvgIpc) is 3.18. The Morgan fingerprint density at radius 3 is 2.50 bits per heavy atom. The monoisotopic (exact) mass is 464 g/mol. The number of urea groups is 1. The lowest BCUT2D eigenvalue weighted by Crippen LogP contribution is -2.60. The first-order valence-electron chi connectivity index (χ1n) is 11.8. The van der Waals surface area contributed by atoms with Crippen molar-refractivity contribution < 1.29 is 14.7 Å². The van der Waals surface area contributed by atoms with Gasteiger partial charge in [0, 0.05) is 23.3 Å². The topological polar surface area (TPSA) is 86.9 Å². The molecule has 3 amide bonds. The second-order valence-corrected chi connectivity index (χ2v) is 12.2. The van der Waals surface area contributed by atoms with Crippen molar-refractivity contribution >= 4 is 23.5 Å². The van der Waals surface area contributed by atoms with E-state index in [0.29, 0.717) is 19.5 Å². The Morgan fingerprint density at radius 1 is 1.28 bits per heavy atom. The van der Waals surface area contributed by atoms with Crippen LogP contribution in [0.3, 0.4) is 0 Å². The van der Waals surface area contributed by atoms with Gasteiger partial charge < -0.3 is 15.3 Å². The summed E-state index contributed by atoms with van der Waals surface area (Å²) >= 11 is 1.56. The molecule has 2 heterocycles. The summed E-state index contributed by atoms with van der Waals surface area (Å²) in [6.07, 6.45) is 6.24. The molecule has 2 fully saturated rings. The number of unbranched alkanes of at least 4 members (excludes halogenated alkanes) is 1. The zero-order valence-electron chi connectivity index (χ0n) is 20.7. The van der Waals surface area contributed by atoms with Crippen LogP contribution in [-0.4, -0.2) is 51.1 Å². The maximum absolute atomic E-state index is 13.6. The van der Waals surface area contributed by atoms with E-state index in [1.54, 1.807) is 16.4 Å². The molecule has 32 heavy (non-hydrogen) atoms. The molecule has 0 radical (unpaired) electrons. The van der Waals surface area contributed by atoms with E-state index in [-0.39, 0.29) is 23.5 Å². The SMILES string of the molecule is CCCCc1cn(C(C)(C)C)sc1=NC(=O)[C@]1(C)CC[C@H](NC(=O)N2CC(O)C2)C1(C)C. The molecule has 0 spiro atoms. The molecule has 3 rings (SSSR count). The van der Waals surface area contributed by atoms with Gasteiger partial charge in [0.2, 0.25) is 0 Å². The number of carbonyl (C=O) groups is 2. The lowest BCUT2D eigenvalue weighted by Gasteiger charge is -2.41. The van der Waals surface area contributed by atoms with Crippen LogP contribution >= 0.6 is 11.5 Å². The first-order chi connectivity index (χ1) is 14.8. The summed E-state index contributed by atoms with van der Waals surface area (Å²) in [6, 6.07) is -0.271. The Hall–Kier alpha value is -1.67. The lowest BCUT2D eigenvalue weighted by molar-refractivity contribution is -0.132. The number of aromatic nitrogens is 1. The normalized spacial score (nSPS) is 26.3. The van der Waals surface area contributed by atoms with Crippen LogP contribution in [0, 0.1) is 10.8 Å². The van der Waals surface area contributed by atoms with E-state index < -0.39 is 16.9 Å². The molecule has 2 N–H and O–H groups in total. The van der Waals surface area contributed by atoms with Gasteiger partial charge in [0.1, 0.15) is 4.67 Å². The molecule has 1 saturated heterocycles. The minimum absolute atomic E-state index is 0.0568. The number of nitrogens with zero attached hydrogens (tertiary/aromatic N) is 3. The molecule has 1 saturated carbocycles. The highest BCUT2D eigenvalue weighted by Crippen LogP contribution is 2.53. The molecular weight excluding hydrogens is 424 g/mol. The molecule has 180 valence electrons. The van der Waals surface area contributed by atoms with Crippen molar-refractivity contribution in [3.05, 3.63) is 16.4 Å². The second kappa shape index (κ2) is 8.93. The van der Waals surface area contributed by atoms with Crippen LogP contribution in [0.2, 0.25) is 0 Å². The first kappa shape index (κ1) is 25.0. The maximum Gasteiger partial charge on any atom is 0.317 e. The van der Waals surface area contributed by atoms with Gasteiger partial charge in [0.05, 0.1) is 24.6 Å². The summed E-state index contributed by atoms with van der Waals surface area (Å²) in [4.78, 5) is 32.4. The summed E-state index contributed by atoms with van der Waals surface area (Å²) in [7, 11) is 0. The highest BCUT2D eigenvalue weighted by Gasteiger charge is 2.56. The van der Waals surface area contributed by atoms with Gasteiger partial charge in [-0.05, 0) is 63.4 Å². The standard InChI is InChI=1S/C24H40N4O3S/c1-8-9-10-16-13-28(22(2,3)4)32-19(16)26-20(30)24(7)12-11-18(23(24,5)6)25-21(31)27-14-17(29)15-27/h13,17-18,29H,8-12,14-15H2,1-7H3,(H,25,31)/t18-,24-/m0/s1. The van der Waals surface area contributed by atoms with E-state index in [1.165, 1.54) is 0 Å². The predicted molar refractivity (Wildman–Crippen MR) is 128 cm³/mol. The number of likely N-dealkylation sites (tertiary alicyclic amines) is 1. The van der Waals surface area contributed by atoms with Crippen molar-refractivity contribution in [2.24, 2.45) is 15.8 Å². The largest absolute Gasteiger partial charge is 0.389 e. The van der Waals surface area contributed by atoms with Crippen LogP contribution in [0.15, 0.2) is 11.2 Å². The number of nitrogens with one attached hydrogen (secondary N) is 1. The Bertz CT molecular complexity index is 920. The fourth-order valence-electron chi connectivity index (χ4n) is 4.55. The Balaban J connectivity index is 1.84. The highest BCUT2D eigenvalue weighted by atomic mass is 32.1. The second-order valence-electron chi connectivity index (χ2n) is 11.2. The fourth-order valence-corrected chi connectivity index (χ4v) is 5.59. The van der Waals surface area contributed by atoms with Gasteiger partial charge in [-0.25, -0.2) is 9.79 Å². The summed E-state index contributed by atoms with van der Waals surface area (Å²) in [6.45, 7) is 15.5. The molecule has 2 aliphatic rings. The van der Waals surface area contributed by atoms with Crippen molar-refractivity contribution in [2.45, 2.75) is 98.3 Å². The number of amides is 3. The number of hydrogen-bond acceptors (Lipinski definition) is 4. The molecule has 1 aromatic heterocycles. The quantitative estimate of drug-likeness (QED) is 0.697. The molecule has 7 nitrogen and oxygen atoms in total. The van der Waals surface area contributed by atoms with E-state index in [1.807, 2.05) is 6.92 Å². The van der Waals surface area contributed by atoms with Gasteiger partial charge in [0.25, 0.3) is 5.91 Å². The van der Waals surface area contributed by atoms with E-state index in [0.717, 1.165) is 35.9 Å². The Labute approximate surface area is 196 Å². The molecule has 0 unspecified atom stereocenters. The summed E-state index contributed by atoms with van der Waals surface area (Å²) in [5.41, 5.74) is -0.00891. The molecule has 1 aromatic rings.